The highest BCUT2D eigenvalue weighted by Crippen LogP contribution is 2.38. The topological polar surface area (TPSA) is 61.7 Å². The van der Waals surface area contributed by atoms with Gasteiger partial charge in [0.1, 0.15) is 0 Å². The number of methoxy groups -OCH3 is 3. The Bertz CT molecular complexity index is 1390. The number of aromatic nitrogens is 1. The molecule has 4 aromatic rings. The lowest BCUT2D eigenvalue weighted by Gasteiger charge is -2.13. The Hall–Kier alpha value is -4.45. The summed E-state index contributed by atoms with van der Waals surface area (Å²) in [6.07, 6.45) is 9.06. The Morgan fingerprint density at radius 1 is 0.886 bits per heavy atom. The van der Waals surface area contributed by atoms with Crippen molar-refractivity contribution >= 4 is 34.5 Å². The van der Waals surface area contributed by atoms with Gasteiger partial charge in [-0.25, -0.2) is 0 Å². The number of benzene rings is 3. The number of hydrogen-bond donors (Lipinski definition) is 1. The van der Waals surface area contributed by atoms with Crippen LogP contribution in [0.2, 0.25) is 0 Å². The van der Waals surface area contributed by atoms with Gasteiger partial charge < -0.3 is 24.1 Å². The van der Waals surface area contributed by atoms with E-state index in [1.54, 1.807) is 33.6 Å². The first kappa shape index (κ1) is 23.7. The molecule has 0 bridgehead atoms. The maximum atomic E-state index is 12.8. The van der Waals surface area contributed by atoms with Crippen LogP contribution in [0.25, 0.3) is 23.1 Å². The normalized spacial score (nSPS) is 11.3. The van der Waals surface area contributed by atoms with Gasteiger partial charge in [0.2, 0.25) is 5.75 Å². The van der Waals surface area contributed by atoms with Crippen molar-refractivity contribution < 1.29 is 19.0 Å². The molecular weight excluding hydrogens is 440 g/mol. The van der Waals surface area contributed by atoms with Crippen molar-refractivity contribution in [3.63, 3.8) is 0 Å². The van der Waals surface area contributed by atoms with Crippen LogP contribution in [-0.4, -0.2) is 31.7 Å². The summed E-state index contributed by atoms with van der Waals surface area (Å²) in [4.78, 5) is 12.8. The number of rotatable bonds is 9. The Balaban J connectivity index is 1.53. The molecule has 6 heteroatoms. The van der Waals surface area contributed by atoms with Crippen LogP contribution in [0.15, 0.2) is 79.1 Å². The number of hydrogen-bond acceptors (Lipinski definition) is 5. The third-order valence-electron chi connectivity index (χ3n) is 5.74. The molecule has 0 unspecified atom stereocenters. The molecule has 1 N–H and O–H groups in total. The smallest absolute Gasteiger partial charge is 0.203 e. The molecule has 0 aliphatic rings. The van der Waals surface area contributed by atoms with Crippen LogP contribution < -0.4 is 19.5 Å². The fourth-order valence-corrected chi connectivity index (χ4v) is 3.99. The predicted octanol–water partition coefficient (Wildman–Crippen LogP) is 6.18. The third kappa shape index (κ3) is 5.06. The molecule has 0 spiro atoms. The van der Waals surface area contributed by atoms with Gasteiger partial charge in [-0.05, 0) is 35.4 Å². The van der Waals surface area contributed by atoms with E-state index in [1.807, 2.05) is 90.6 Å². The SMILES string of the molecule is COc1cc(/C=C/c2ccccc2N/C=C\C(=O)c2cn(C)c3ccccc23)cc(OC)c1OC. The van der Waals surface area contributed by atoms with E-state index in [9.17, 15) is 4.79 Å². The van der Waals surface area contributed by atoms with Gasteiger partial charge in [-0.3, -0.25) is 4.79 Å². The average Bonchev–Trinajstić information content (AvgIpc) is 3.23. The monoisotopic (exact) mass is 468 g/mol. The lowest BCUT2D eigenvalue weighted by Crippen LogP contribution is -1.96. The molecule has 0 saturated heterocycles. The number of ketones is 1. The van der Waals surface area contributed by atoms with Crippen LogP contribution in [-0.2, 0) is 7.05 Å². The number of fused-ring (bicyclic) bond motifs is 1. The number of allylic oxidation sites excluding steroid dienone is 1. The minimum absolute atomic E-state index is 0.0558. The lowest BCUT2D eigenvalue weighted by molar-refractivity contribution is 0.104. The number of nitrogens with zero attached hydrogens (tertiary/aromatic N) is 1. The molecule has 0 radical (unpaired) electrons. The van der Waals surface area contributed by atoms with Gasteiger partial charge >= 0.3 is 0 Å². The second kappa shape index (κ2) is 10.7. The number of anilines is 1. The van der Waals surface area contributed by atoms with E-state index in [2.05, 4.69) is 5.32 Å². The maximum Gasteiger partial charge on any atom is 0.203 e. The maximum absolute atomic E-state index is 12.8. The van der Waals surface area contributed by atoms with Crippen molar-refractivity contribution in [3.8, 4) is 17.2 Å². The average molecular weight is 469 g/mol. The molecule has 0 saturated carbocycles. The highest BCUT2D eigenvalue weighted by atomic mass is 16.5. The van der Waals surface area contributed by atoms with Crippen molar-refractivity contribution in [2.45, 2.75) is 0 Å². The number of nitrogens with one attached hydrogen (secondary N) is 1. The van der Waals surface area contributed by atoms with Crippen LogP contribution in [0.3, 0.4) is 0 Å². The number of para-hydroxylation sites is 2. The van der Waals surface area contributed by atoms with Crippen molar-refractivity contribution in [3.05, 3.63) is 95.8 Å². The van der Waals surface area contributed by atoms with E-state index in [0.717, 1.165) is 27.7 Å². The zero-order valence-electron chi connectivity index (χ0n) is 20.2. The number of ether oxygens (including phenoxy) is 3. The summed E-state index contributed by atoms with van der Waals surface area (Å²) >= 11 is 0. The molecule has 0 amide bonds. The van der Waals surface area contributed by atoms with Gasteiger partial charge in [0.25, 0.3) is 0 Å². The minimum atomic E-state index is -0.0558. The second-order valence-electron chi connectivity index (χ2n) is 7.89. The Morgan fingerprint density at radius 3 is 2.29 bits per heavy atom. The highest BCUT2D eigenvalue weighted by Gasteiger charge is 2.13. The van der Waals surface area contributed by atoms with E-state index in [-0.39, 0.29) is 5.78 Å². The molecule has 0 atom stereocenters. The second-order valence-corrected chi connectivity index (χ2v) is 7.89. The molecule has 0 fully saturated rings. The first-order chi connectivity index (χ1) is 17.0. The highest BCUT2D eigenvalue weighted by molar-refractivity contribution is 6.13. The van der Waals surface area contributed by atoms with Crippen molar-refractivity contribution in [2.24, 2.45) is 7.05 Å². The van der Waals surface area contributed by atoms with Crippen LogP contribution in [0.1, 0.15) is 21.5 Å². The zero-order valence-corrected chi connectivity index (χ0v) is 20.2. The lowest BCUT2D eigenvalue weighted by atomic mass is 10.1. The zero-order chi connectivity index (χ0) is 24.8. The van der Waals surface area contributed by atoms with Gasteiger partial charge in [-0.1, -0.05) is 48.6 Å². The van der Waals surface area contributed by atoms with E-state index in [0.29, 0.717) is 22.8 Å². The fraction of sp³-hybridized carbons (Fsp3) is 0.138. The van der Waals surface area contributed by atoms with Gasteiger partial charge in [0.05, 0.1) is 21.3 Å². The predicted molar refractivity (Wildman–Crippen MR) is 141 cm³/mol. The van der Waals surface area contributed by atoms with Crippen LogP contribution in [0.5, 0.6) is 17.2 Å². The summed E-state index contributed by atoms with van der Waals surface area (Å²) in [5, 5.41) is 4.18. The Morgan fingerprint density at radius 2 is 1.57 bits per heavy atom. The Labute approximate surface area is 205 Å². The minimum Gasteiger partial charge on any atom is -0.493 e. The third-order valence-corrected chi connectivity index (χ3v) is 5.74. The Kier molecular flexibility index (Phi) is 7.21. The molecule has 1 heterocycles. The number of aryl methyl sites for hydroxylation is 1. The standard InChI is InChI=1S/C29H28N2O4/c1-31-19-23(22-10-6-8-12-25(22)31)26(32)15-16-30-24-11-7-5-9-21(24)14-13-20-17-27(33-2)29(35-4)28(18-20)34-3/h5-19,30H,1-4H3/b14-13+,16-15-. The summed E-state index contributed by atoms with van der Waals surface area (Å²) in [5.41, 5.74) is 4.44. The molecule has 35 heavy (non-hydrogen) atoms. The molecule has 178 valence electrons. The summed E-state index contributed by atoms with van der Waals surface area (Å²) in [7, 11) is 6.71. The molecule has 0 aliphatic carbocycles. The molecule has 1 aromatic heterocycles. The first-order valence-corrected chi connectivity index (χ1v) is 11.1. The summed E-state index contributed by atoms with van der Waals surface area (Å²) < 4.78 is 18.2. The number of carbonyl (C=O) groups is 1. The van der Waals surface area contributed by atoms with E-state index in [1.165, 1.54) is 0 Å². The van der Waals surface area contributed by atoms with Gasteiger partial charge in [0.15, 0.2) is 17.3 Å². The summed E-state index contributed by atoms with van der Waals surface area (Å²) in [6, 6.07) is 19.5. The molecule has 0 aliphatic heterocycles. The van der Waals surface area contributed by atoms with Crippen molar-refractivity contribution in [1.82, 2.24) is 4.57 Å². The van der Waals surface area contributed by atoms with Gasteiger partial charge in [-0.2, -0.15) is 0 Å². The molecule has 4 rings (SSSR count). The summed E-state index contributed by atoms with van der Waals surface area (Å²) in [6.45, 7) is 0. The van der Waals surface area contributed by atoms with E-state index < -0.39 is 0 Å². The van der Waals surface area contributed by atoms with E-state index >= 15 is 0 Å². The summed E-state index contributed by atoms with van der Waals surface area (Å²) in [5.74, 6) is 1.68. The quantitative estimate of drug-likeness (QED) is 0.180. The van der Waals surface area contributed by atoms with Gasteiger partial charge in [-0.15, -0.1) is 0 Å². The largest absolute Gasteiger partial charge is 0.493 e. The molecule has 3 aromatic carbocycles. The van der Waals surface area contributed by atoms with E-state index in [4.69, 9.17) is 14.2 Å². The van der Waals surface area contributed by atoms with Crippen molar-refractivity contribution in [1.29, 1.82) is 0 Å². The van der Waals surface area contributed by atoms with Crippen LogP contribution in [0, 0.1) is 0 Å². The van der Waals surface area contributed by atoms with Crippen LogP contribution in [0.4, 0.5) is 5.69 Å². The van der Waals surface area contributed by atoms with Crippen molar-refractivity contribution in [2.75, 3.05) is 26.6 Å². The van der Waals surface area contributed by atoms with Gasteiger partial charge in [0, 0.05) is 47.7 Å². The number of carbonyl (C=O) groups excluding carboxylic acids is 1. The fourth-order valence-electron chi connectivity index (χ4n) is 3.99. The van der Waals surface area contributed by atoms with Crippen LogP contribution >= 0.6 is 0 Å². The molecule has 6 nitrogen and oxygen atoms in total. The first-order valence-electron chi connectivity index (χ1n) is 11.1. The molecular formula is C29H28N2O4.